The highest BCUT2D eigenvalue weighted by Crippen LogP contribution is 2.23. The zero-order valence-corrected chi connectivity index (χ0v) is 15.0. The molecule has 0 amide bonds. The Balaban J connectivity index is 1.66. The Kier molecular flexibility index (Phi) is 6.35. The lowest BCUT2D eigenvalue weighted by Gasteiger charge is -2.32. The molecular formula is C16H27N7O2. The largest absolute Gasteiger partial charge is 0.385 e. The molecule has 0 spiro atoms. The van der Waals surface area contributed by atoms with E-state index in [0.717, 1.165) is 44.7 Å². The molecule has 1 saturated heterocycles. The molecule has 2 N–H and O–H groups in total. The molecular weight excluding hydrogens is 322 g/mol. The predicted octanol–water partition coefficient (Wildman–Crippen LogP) is 1.75. The van der Waals surface area contributed by atoms with Crippen molar-refractivity contribution in [3.05, 3.63) is 0 Å². The third-order valence-corrected chi connectivity index (χ3v) is 4.40. The molecule has 2 aromatic rings. The Bertz CT molecular complexity index is 655. The number of rotatable bonds is 9. The first-order chi connectivity index (χ1) is 12.3. The van der Waals surface area contributed by atoms with Crippen LogP contribution in [0, 0.1) is 0 Å². The van der Waals surface area contributed by atoms with Crippen molar-refractivity contribution in [2.45, 2.75) is 38.6 Å². The minimum atomic E-state index is 0.388. The third-order valence-electron chi connectivity index (χ3n) is 4.40. The van der Waals surface area contributed by atoms with Crippen molar-refractivity contribution in [1.82, 2.24) is 25.2 Å². The molecule has 138 valence electrons. The molecule has 0 saturated carbocycles. The maximum Gasteiger partial charge on any atom is 0.245 e. The van der Waals surface area contributed by atoms with Gasteiger partial charge in [0, 0.05) is 39.4 Å². The second kappa shape index (κ2) is 8.91. The average Bonchev–Trinajstić information content (AvgIpc) is 3.08. The number of nitrogens with one attached hydrogen (secondary N) is 2. The number of hydrogen-bond donors (Lipinski definition) is 2. The molecule has 3 rings (SSSR count). The fraction of sp³-hybridized carbons (Fsp3) is 0.750. The lowest BCUT2D eigenvalue weighted by Crippen LogP contribution is -2.39. The minimum Gasteiger partial charge on any atom is -0.385 e. The minimum absolute atomic E-state index is 0.388. The summed E-state index contributed by atoms with van der Waals surface area (Å²) in [5.41, 5.74) is 0.839. The molecule has 9 nitrogen and oxygen atoms in total. The normalized spacial score (nSPS) is 16.4. The van der Waals surface area contributed by atoms with Crippen LogP contribution in [-0.4, -0.2) is 71.1 Å². The van der Waals surface area contributed by atoms with Crippen molar-refractivity contribution in [3.8, 4) is 0 Å². The van der Waals surface area contributed by atoms with E-state index in [4.69, 9.17) is 9.37 Å². The first-order valence-corrected chi connectivity index (χ1v) is 9.02. The first-order valence-electron chi connectivity index (χ1n) is 9.02. The van der Waals surface area contributed by atoms with E-state index in [1.165, 1.54) is 13.0 Å². The van der Waals surface area contributed by atoms with Crippen molar-refractivity contribution in [2.75, 3.05) is 50.5 Å². The first kappa shape index (κ1) is 17.8. The van der Waals surface area contributed by atoms with Crippen LogP contribution in [0.3, 0.4) is 0 Å². The van der Waals surface area contributed by atoms with Crippen molar-refractivity contribution in [3.63, 3.8) is 0 Å². The van der Waals surface area contributed by atoms with E-state index in [0.29, 0.717) is 29.8 Å². The summed E-state index contributed by atoms with van der Waals surface area (Å²) in [5, 5.41) is 14.4. The van der Waals surface area contributed by atoms with Gasteiger partial charge >= 0.3 is 0 Å². The smallest absolute Gasteiger partial charge is 0.245 e. The van der Waals surface area contributed by atoms with Gasteiger partial charge in [-0.15, -0.1) is 0 Å². The van der Waals surface area contributed by atoms with Crippen molar-refractivity contribution in [2.24, 2.45) is 0 Å². The molecule has 1 fully saturated rings. The van der Waals surface area contributed by atoms with Gasteiger partial charge in [-0.1, -0.05) is 6.92 Å². The summed E-state index contributed by atoms with van der Waals surface area (Å²) in [6, 6.07) is 0.388. The monoisotopic (exact) mass is 349 g/mol. The topological polar surface area (TPSA) is 101 Å². The van der Waals surface area contributed by atoms with E-state index in [-0.39, 0.29) is 0 Å². The summed E-state index contributed by atoms with van der Waals surface area (Å²) in [5.74, 6) is 1.41. The van der Waals surface area contributed by atoms with Gasteiger partial charge in [-0.05, 0) is 42.5 Å². The number of fused-ring (bicyclic) bond motifs is 1. The van der Waals surface area contributed by atoms with Gasteiger partial charge in [0.25, 0.3) is 0 Å². The Morgan fingerprint density at radius 3 is 2.56 bits per heavy atom. The lowest BCUT2D eigenvalue weighted by molar-refractivity contribution is 0.197. The van der Waals surface area contributed by atoms with Crippen LogP contribution in [0.5, 0.6) is 0 Å². The molecule has 1 aliphatic rings. The van der Waals surface area contributed by atoms with Crippen LogP contribution in [0.1, 0.15) is 32.6 Å². The van der Waals surface area contributed by atoms with Crippen molar-refractivity contribution < 1.29 is 9.37 Å². The molecule has 1 aliphatic heterocycles. The zero-order valence-electron chi connectivity index (χ0n) is 15.0. The van der Waals surface area contributed by atoms with E-state index in [1.807, 2.05) is 0 Å². The van der Waals surface area contributed by atoms with Crippen LogP contribution >= 0.6 is 0 Å². The number of piperidine rings is 1. The highest BCUT2D eigenvalue weighted by molar-refractivity contribution is 5.73. The number of anilines is 2. The molecule has 9 heteroatoms. The van der Waals surface area contributed by atoms with E-state index in [9.17, 15) is 0 Å². The summed E-state index contributed by atoms with van der Waals surface area (Å²) < 4.78 is 9.83. The van der Waals surface area contributed by atoms with Gasteiger partial charge in [0.05, 0.1) is 0 Å². The number of likely N-dealkylation sites (tertiary alicyclic amines) is 1. The van der Waals surface area contributed by atoms with Crippen LogP contribution in [-0.2, 0) is 4.74 Å². The quantitative estimate of drug-likeness (QED) is 0.655. The maximum absolute atomic E-state index is 5.09. The SMILES string of the molecule is CCCN1CCC(Nc2nc3nonc3nc2NCCCOC)CC1. The van der Waals surface area contributed by atoms with E-state index in [2.05, 4.69) is 42.7 Å². The number of methoxy groups -OCH3 is 1. The van der Waals surface area contributed by atoms with Gasteiger partial charge in [-0.2, -0.15) is 0 Å². The fourth-order valence-electron chi connectivity index (χ4n) is 3.10. The molecule has 2 aromatic heterocycles. The summed E-state index contributed by atoms with van der Waals surface area (Å²) in [7, 11) is 1.70. The van der Waals surface area contributed by atoms with E-state index in [1.54, 1.807) is 7.11 Å². The summed E-state index contributed by atoms with van der Waals surface area (Å²) in [6.45, 7) is 7.08. The van der Waals surface area contributed by atoms with E-state index < -0.39 is 0 Å². The van der Waals surface area contributed by atoms with Gasteiger partial charge in [0.15, 0.2) is 11.6 Å². The second-order valence-corrected chi connectivity index (χ2v) is 6.37. The molecule has 3 heterocycles. The Hall–Kier alpha value is -2.00. The highest BCUT2D eigenvalue weighted by atomic mass is 16.6. The van der Waals surface area contributed by atoms with Crippen molar-refractivity contribution in [1.29, 1.82) is 0 Å². The maximum atomic E-state index is 5.09. The molecule has 0 bridgehead atoms. The average molecular weight is 349 g/mol. The number of hydrogen-bond acceptors (Lipinski definition) is 9. The van der Waals surface area contributed by atoms with Gasteiger partial charge in [0.2, 0.25) is 11.3 Å². The molecule has 0 unspecified atom stereocenters. The Labute approximate surface area is 147 Å². The molecule has 0 radical (unpaired) electrons. The van der Waals surface area contributed by atoms with Crippen LogP contribution in [0.25, 0.3) is 11.3 Å². The molecule has 0 aliphatic carbocycles. The summed E-state index contributed by atoms with van der Waals surface area (Å²) in [4.78, 5) is 11.5. The number of nitrogens with zero attached hydrogens (tertiary/aromatic N) is 5. The number of ether oxygens (including phenoxy) is 1. The lowest BCUT2D eigenvalue weighted by atomic mass is 10.0. The van der Waals surface area contributed by atoms with Gasteiger partial charge in [-0.3, -0.25) is 0 Å². The van der Waals surface area contributed by atoms with Crippen LogP contribution in [0.15, 0.2) is 4.63 Å². The van der Waals surface area contributed by atoms with Crippen molar-refractivity contribution >= 4 is 22.9 Å². The molecule has 25 heavy (non-hydrogen) atoms. The van der Waals surface area contributed by atoms with E-state index >= 15 is 0 Å². The van der Waals surface area contributed by atoms with Gasteiger partial charge < -0.3 is 20.3 Å². The summed E-state index contributed by atoms with van der Waals surface area (Å²) in [6.07, 6.45) is 4.29. The number of aromatic nitrogens is 4. The summed E-state index contributed by atoms with van der Waals surface area (Å²) >= 11 is 0. The van der Waals surface area contributed by atoms with Gasteiger partial charge in [-0.25, -0.2) is 14.6 Å². The standard InChI is InChI=1S/C16H27N7O2/c1-3-8-23-9-5-12(6-10-23)18-14-13(17-7-4-11-24-2)19-15-16(20-14)22-25-21-15/h12H,3-11H2,1-2H3,(H,17,19,21)(H,18,20,22). The Morgan fingerprint density at radius 2 is 1.88 bits per heavy atom. The molecule has 0 atom stereocenters. The Morgan fingerprint density at radius 1 is 1.16 bits per heavy atom. The zero-order chi connectivity index (χ0) is 17.5. The third kappa shape index (κ3) is 4.76. The predicted molar refractivity (Wildman–Crippen MR) is 95.8 cm³/mol. The highest BCUT2D eigenvalue weighted by Gasteiger charge is 2.21. The molecule has 0 aromatic carbocycles. The van der Waals surface area contributed by atoms with Crippen LogP contribution < -0.4 is 10.6 Å². The van der Waals surface area contributed by atoms with Gasteiger partial charge in [0.1, 0.15) is 0 Å². The van der Waals surface area contributed by atoms with Crippen LogP contribution in [0.2, 0.25) is 0 Å². The fourth-order valence-corrected chi connectivity index (χ4v) is 3.10. The second-order valence-electron chi connectivity index (χ2n) is 6.37. The van der Waals surface area contributed by atoms with Crippen LogP contribution in [0.4, 0.5) is 11.6 Å².